The first kappa shape index (κ1) is 13.6. The van der Waals surface area contributed by atoms with Crippen LogP contribution in [0.4, 0.5) is 4.39 Å². The normalized spacial score (nSPS) is 11.2. The van der Waals surface area contributed by atoms with Crippen molar-refractivity contribution in [3.8, 4) is 6.07 Å². The number of nitriles is 1. The molecular formula is C15H8Cl2FN. The molecule has 0 aliphatic carbocycles. The Bertz CT molecular complexity index is 687. The van der Waals surface area contributed by atoms with Gasteiger partial charge in [0.25, 0.3) is 0 Å². The summed E-state index contributed by atoms with van der Waals surface area (Å²) >= 11 is 11.8. The van der Waals surface area contributed by atoms with Gasteiger partial charge in [0, 0.05) is 10.0 Å². The molecule has 0 spiro atoms. The first-order chi connectivity index (χ1) is 9.10. The van der Waals surface area contributed by atoms with Crippen molar-refractivity contribution in [1.82, 2.24) is 0 Å². The Kier molecular flexibility index (Phi) is 4.21. The van der Waals surface area contributed by atoms with Crippen molar-refractivity contribution in [2.75, 3.05) is 0 Å². The van der Waals surface area contributed by atoms with Gasteiger partial charge in [0.1, 0.15) is 5.82 Å². The van der Waals surface area contributed by atoms with Gasteiger partial charge < -0.3 is 0 Å². The Morgan fingerprint density at radius 3 is 2.58 bits per heavy atom. The van der Waals surface area contributed by atoms with E-state index in [1.807, 2.05) is 6.07 Å². The molecule has 0 radical (unpaired) electrons. The molecule has 0 saturated carbocycles. The zero-order chi connectivity index (χ0) is 13.8. The molecule has 0 heterocycles. The van der Waals surface area contributed by atoms with Gasteiger partial charge in [-0.05, 0) is 41.5 Å². The fourth-order valence-electron chi connectivity index (χ4n) is 1.61. The van der Waals surface area contributed by atoms with E-state index in [2.05, 4.69) is 0 Å². The number of nitrogens with zero attached hydrogens (tertiary/aromatic N) is 1. The van der Waals surface area contributed by atoms with Crippen molar-refractivity contribution in [2.45, 2.75) is 0 Å². The monoisotopic (exact) mass is 291 g/mol. The molecule has 19 heavy (non-hydrogen) atoms. The number of rotatable bonds is 2. The van der Waals surface area contributed by atoms with Crippen LogP contribution < -0.4 is 0 Å². The molecule has 0 unspecified atom stereocenters. The summed E-state index contributed by atoms with van der Waals surface area (Å²) in [6, 6.07) is 12.9. The number of allylic oxidation sites excluding steroid dienone is 1. The highest BCUT2D eigenvalue weighted by Crippen LogP contribution is 2.25. The SMILES string of the molecule is N#C/C(=C/c1ccc(Cl)cc1Cl)c1cccc(F)c1. The highest BCUT2D eigenvalue weighted by Gasteiger charge is 2.05. The summed E-state index contributed by atoms with van der Waals surface area (Å²) in [5.74, 6) is -0.388. The van der Waals surface area contributed by atoms with Crippen LogP contribution in [-0.4, -0.2) is 0 Å². The smallest absolute Gasteiger partial charge is 0.123 e. The van der Waals surface area contributed by atoms with Crippen molar-refractivity contribution in [3.05, 3.63) is 69.5 Å². The van der Waals surface area contributed by atoms with Gasteiger partial charge in [0.05, 0.1) is 11.6 Å². The number of benzene rings is 2. The predicted octanol–water partition coefficient (Wildman–Crippen LogP) is 5.20. The van der Waals surface area contributed by atoms with Crippen molar-refractivity contribution in [1.29, 1.82) is 5.26 Å². The summed E-state index contributed by atoms with van der Waals surface area (Å²) in [6.45, 7) is 0. The Balaban J connectivity index is 2.48. The lowest BCUT2D eigenvalue weighted by molar-refractivity contribution is 0.627. The molecule has 0 N–H and O–H groups in total. The van der Waals surface area contributed by atoms with Gasteiger partial charge in [-0.2, -0.15) is 5.26 Å². The van der Waals surface area contributed by atoms with Gasteiger partial charge >= 0.3 is 0 Å². The van der Waals surface area contributed by atoms with Crippen LogP contribution in [0.3, 0.4) is 0 Å². The zero-order valence-corrected chi connectivity index (χ0v) is 11.2. The lowest BCUT2D eigenvalue weighted by Gasteiger charge is -2.02. The Hall–Kier alpha value is -1.82. The van der Waals surface area contributed by atoms with E-state index in [0.717, 1.165) is 0 Å². The maximum absolute atomic E-state index is 13.2. The van der Waals surface area contributed by atoms with Gasteiger partial charge in [-0.3, -0.25) is 0 Å². The quantitative estimate of drug-likeness (QED) is 0.551. The van der Waals surface area contributed by atoms with Gasteiger partial charge in [-0.15, -0.1) is 0 Å². The lowest BCUT2D eigenvalue weighted by Crippen LogP contribution is -1.84. The Morgan fingerprint density at radius 1 is 1.16 bits per heavy atom. The topological polar surface area (TPSA) is 23.8 Å². The molecule has 0 saturated heterocycles. The van der Waals surface area contributed by atoms with E-state index < -0.39 is 0 Å². The van der Waals surface area contributed by atoms with Gasteiger partial charge in [-0.1, -0.05) is 41.4 Å². The molecule has 4 heteroatoms. The second kappa shape index (κ2) is 5.88. The third-order valence-corrected chi connectivity index (χ3v) is 3.08. The van der Waals surface area contributed by atoms with Gasteiger partial charge in [0.15, 0.2) is 0 Å². The minimum atomic E-state index is -0.388. The fourth-order valence-corrected chi connectivity index (χ4v) is 2.07. The number of halogens is 3. The summed E-state index contributed by atoms with van der Waals surface area (Å²) < 4.78 is 13.2. The average Bonchev–Trinajstić information content (AvgIpc) is 2.38. The van der Waals surface area contributed by atoms with E-state index in [9.17, 15) is 4.39 Å². The molecule has 2 rings (SSSR count). The maximum atomic E-state index is 13.2. The first-order valence-electron chi connectivity index (χ1n) is 5.43. The minimum Gasteiger partial charge on any atom is -0.207 e. The summed E-state index contributed by atoms with van der Waals surface area (Å²) in [5.41, 5.74) is 1.50. The van der Waals surface area contributed by atoms with E-state index >= 15 is 0 Å². The van der Waals surface area contributed by atoms with Crippen LogP contribution >= 0.6 is 23.2 Å². The lowest BCUT2D eigenvalue weighted by atomic mass is 10.0. The molecular weight excluding hydrogens is 284 g/mol. The molecule has 0 aliphatic heterocycles. The van der Waals surface area contributed by atoms with Crippen LogP contribution in [0.5, 0.6) is 0 Å². The largest absolute Gasteiger partial charge is 0.207 e. The van der Waals surface area contributed by atoms with Gasteiger partial charge in [-0.25, -0.2) is 4.39 Å². The van der Waals surface area contributed by atoms with E-state index in [4.69, 9.17) is 28.5 Å². The van der Waals surface area contributed by atoms with Crippen molar-refractivity contribution in [2.24, 2.45) is 0 Å². The highest BCUT2D eigenvalue weighted by atomic mass is 35.5. The molecule has 0 fully saturated rings. The molecule has 0 atom stereocenters. The summed E-state index contributed by atoms with van der Waals surface area (Å²) in [4.78, 5) is 0. The van der Waals surface area contributed by atoms with E-state index in [0.29, 0.717) is 26.7 Å². The second-order valence-electron chi connectivity index (χ2n) is 3.85. The summed E-state index contributed by atoms with van der Waals surface area (Å²) in [7, 11) is 0. The third-order valence-electron chi connectivity index (χ3n) is 2.52. The van der Waals surface area contributed by atoms with Crippen LogP contribution in [0.25, 0.3) is 11.6 Å². The fraction of sp³-hybridized carbons (Fsp3) is 0. The summed E-state index contributed by atoms with van der Waals surface area (Å²) in [5, 5.41) is 10.1. The van der Waals surface area contributed by atoms with E-state index in [1.54, 1.807) is 36.4 Å². The van der Waals surface area contributed by atoms with Crippen molar-refractivity contribution < 1.29 is 4.39 Å². The number of hydrogen-bond donors (Lipinski definition) is 0. The molecule has 0 aliphatic rings. The van der Waals surface area contributed by atoms with E-state index in [1.165, 1.54) is 12.1 Å². The van der Waals surface area contributed by atoms with Crippen molar-refractivity contribution >= 4 is 34.9 Å². The number of hydrogen-bond acceptors (Lipinski definition) is 1. The van der Waals surface area contributed by atoms with Crippen LogP contribution in [0.2, 0.25) is 10.0 Å². The van der Waals surface area contributed by atoms with Crippen LogP contribution in [0.1, 0.15) is 11.1 Å². The third kappa shape index (κ3) is 3.35. The van der Waals surface area contributed by atoms with Crippen LogP contribution in [0.15, 0.2) is 42.5 Å². The van der Waals surface area contributed by atoms with Crippen molar-refractivity contribution in [3.63, 3.8) is 0 Å². The predicted molar refractivity (Wildman–Crippen MR) is 76.3 cm³/mol. The molecule has 2 aromatic rings. The molecule has 1 nitrogen and oxygen atoms in total. The van der Waals surface area contributed by atoms with E-state index in [-0.39, 0.29) is 5.82 Å². The van der Waals surface area contributed by atoms with Gasteiger partial charge in [0.2, 0.25) is 0 Å². The molecule has 0 amide bonds. The van der Waals surface area contributed by atoms with Crippen LogP contribution in [-0.2, 0) is 0 Å². The zero-order valence-electron chi connectivity index (χ0n) is 9.70. The molecule has 94 valence electrons. The maximum Gasteiger partial charge on any atom is 0.123 e. The highest BCUT2D eigenvalue weighted by molar-refractivity contribution is 6.35. The van der Waals surface area contributed by atoms with Crippen LogP contribution in [0, 0.1) is 17.1 Å². The first-order valence-corrected chi connectivity index (χ1v) is 6.18. The second-order valence-corrected chi connectivity index (χ2v) is 4.69. The average molecular weight is 292 g/mol. The Labute approximate surface area is 120 Å². The summed E-state index contributed by atoms with van der Waals surface area (Å²) in [6.07, 6.45) is 1.60. The minimum absolute atomic E-state index is 0.337. The Morgan fingerprint density at radius 2 is 1.95 bits per heavy atom. The standard InChI is InChI=1S/C15H8Cl2FN/c16-13-5-4-11(15(17)8-13)6-12(9-19)10-2-1-3-14(18)7-10/h1-8H/b12-6-. The molecule has 0 bridgehead atoms. The molecule has 2 aromatic carbocycles. The molecule has 0 aromatic heterocycles.